The summed E-state index contributed by atoms with van der Waals surface area (Å²) in [5, 5.41) is 13.7. The molecule has 0 unspecified atom stereocenters. The predicted octanol–water partition coefficient (Wildman–Crippen LogP) is 2.97. The fourth-order valence-corrected chi connectivity index (χ4v) is 1.96. The van der Waals surface area contributed by atoms with E-state index in [1.54, 1.807) is 12.1 Å². The zero-order valence-electron chi connectivity index (χ0n) is 9.99. The number of halogens is 2. The molecule has 3 rings (SSSR count). The van der Waals surface area contributed by atoms with E-state index >= 15 is 0 Å². The Morgan fingerprint density at radius 1 is 1.37 bits per heavy atom. The van der Waals surface area contributed by atoms with Crippen molar-refractivity contribution in [1.82, 2.24) is 15.5 Å². The van der Waals surface area contributed by atoms with Gasteiger partial charge in [0.2, 0.25) is 5.89 Å². The van der Waals surface area contributed by atoms with E-state index < -0.39 is 0 Å². The molecule has 1 aromatic carbocycles. The molecule has 0 amide bonds. The van der Waals surface area contributed by atoms with Crippen molar-refractivity contribution in [2.45, 2.75) is 25.4 Å². The van der Waals surface area contributed by atoms with Gasteiger partial charge >= 0.3 is 6.01 Å². The fraction of sp³-hybridized carbons (Fsp3) is 0.333. The Kier molecular flexibility index (Phi) is 3.48. The molecule has 100 valence electrons. The van der Waals surface area contributed by atoms with Gasteiger partial charge in [-0.2, -0.15) is 0 Å². The van der Waals surface area contributed by atoms with Crippen LogP contribution in [0.2, 0.25) is 0 Å². The van der Waals surface area contributed by atoms with Gasteiger partial charge in [-0.05, 0) is 31.0 Å². The third-order valence-corrected chi connectivity index (χ3v) is 3.25. The predicted molar refractivity (Wildman–Crippen MR) is 71.5 cm³/mol. The molecule has 0 aliphatic heterocycles. The number of nitrogens with one attached hydrogen (secondary N) is 2. The smallest absolute Gasteiger partial charge is 0.320 e. The summed E-state index contributed by atoms with van der Waals surface area (Å²) >= 11 is 3.28. The average Bonchev–Trinajstić information content (AvgIpc) is 3.12. The summed E-state index contributed by atoms with van der Waals surface area (Å²) in [6, 6.07) is 5.36. The number of aromatic nitrogens is 2. The van der Waals surface area contributed by atoms with Crippen LogP contribution in [-0.2, 0) is 6.54 Å². The van der Waals surface area contributed by atoms with Crippen molar-refractivity contribution < 1.29 is 8.81 Å². The van der Waals surface area contributed by atoms with E-state index in [2.05, 4.69) is 36.8 Å². The third kappa shape index (κ3) is 3.30. The Hall–Kier alpha value is -1.47. The first kappa shape index (κ1) is 12.6. The lowest BCUT2D eigenvalue weighted by Gasteiger charge is -2.03. The van der Waals surface area contributed by atoms with Gasteiger partial charge in [0.05, 0.1) is 12.2 Å². The Bertz CT molecular complexity index is 585. The van der Waals surface area contributed by atoms with Crippen LogP contribution in [0.3, 0.4) is 0 Å². The Labute approximate surface area is 117 Å². The topological polar surface area (TPSA) is 63.0 Å². The van der Waals surface area contributed by atoms with Crippen molar-refractivity contribution in [2.75, 3.05) is 5.32 Å². The van der Waals surface area contributed by atoms with Crippen LogP contribution < -0.4 is 10.6 Å². The summed E-state index contributed by atoms with van der Waals surface area (Å²) in [5.74, 6) is 0.115. The van der Waals surface area contributed by atoms with Gasteiger partial charge in [-0.1, -0.05) is 21.0 Å². The number of nitrogens with zero attached hydrogens (tertiary/aromatic N) is 2. The average molecular weight is 327 g/mol. The van der Waals surface area contributed by atoms with Crippen LogP contribution in [0.4, 0.5) is 16.1 Å². The van der Waals surface area contributed by atoms with E-state index in [0.29, 0.717) is 24.2 Å². The minimum Gasteiger partial charge on any atom is -0.406 e. The van der Waals surface area contributed by atoms with Crippen LogP contribution in [0, 0.1) is 5.82 Å². The number of rotatable bonds is 5. The number of anilines is 2. The number of benzene rings is 1. The molecule has 1 aliphatic carbocycles. The summed E-state index contributed by atoms with van der Waals surface area (Å²) in [5.41, 5.74) is 0.291. The first-order chi connectivity index (χ1) is 9.20. The summed E-state index contributed by atoms with van der Waals surface area (Å²) < 4.78 is 19.7. The van der Waals surface area contributed by atoms with Gasteiger partial charge in [-0.15, -0.1) is 5.10 Å². The van der Waals surface area contributed by atoms with Crippen LogP contribution in [0.1, 0.15) is 18.7 Å². The van der Waals surface area contributed by atoms with Gasteiger partial charge in [0, 0.05) is 10.5 Å². The molecule has 1 saturated carbocycles. The number of hydrogen-bond acceptors (Lipinski definition) is 5. The molecule has 2 N–H and O–H groups in total. The largest absolute Gasteiger partial charge is 0.406 e. The highest BCUT2D eigenvalue weighted by atomic mass is 79.9. The van der Waals surface area contributed by atoms with E-state index in [-0.39, 0.29) is 11.8 Å². The lowest BCUT2D eigenvalue weighted by Crippen LogP contribution is -2.15. The van der Waals surface area contributed by atoms with Crippen molar-refractivity contribution in [1.29, 1.82) is 0 Å². The normalized spacial score (nSPS) is 14.6. The van der Waals surface area contributed by atoms with E-state index in [4.69, 9.17) is 4.42 Å². The highest BCUT2D eigenvalue weighted by Gasteiger charge is 2.21. The van der Waals surface area contributed by atoms with E-state index in [1.807, 2.05) is 0 Å². The standard InChI is InChI=1S/C12H12BrFN4O/c13-7-1-4-9(14)10(5-7)16-12-18-17-11(19-12)6-15-8-2-3-8/h1,4-5,8,15H,2-3,6H2,(H,16,18). The maximum atomic E-state index is 13.5. The quantitative estimate of drug-likeness (QED) is 0.884. The molecule has 1 aliphatic rings. The molecule has 0 radical (unpaired) electrons. The molecule has 1 aromatic heterocycles. The molecular formula is C12H12BrFN4O. The minimum absolute atomic E-state index is 0.185. The highest BCUT2D eigenvalue weighted by Crippen LogP contribution is 2.23. The first-order valence-corrected chi connectivity index (χ1v) is 6.78. The molecule has 0 atom stereocenters. The summed E-state index contributed by atoms with van der Waals surface area (Å²) in [4.78, 5) is 0. The highest BCUT2D eigenvalue weighted by molar-refractivity contribution is 9.10. The van der Waals surface area contributed by atoms with E-state index in [1.165, 1.54) is 18.9 Å². The second kappa shape index (κ2) is 5.26. The van der Waals surface area contributed by atoms with E-state index in [9.17, 15) is 4.39 Å². The summed E-state index contributed by atoms with van der Waals surface area (Å²) in [6.07, 6.45) is 2.39. The van der Waals surface area contributed by atoms with Gasteiger partial charge in [-0.25, -0.2) is 4.39 Å². The molecule has 7 heteroatoms. The van der Waals surface area contributed by atoms with Crippen LogP contribution in [0.15, 0.2) is 27.1 Å². The molecule has 0 spiro atoms. The van der Waals surface area contributed by atoms with Gasteiger partial charge < -0.3 is 15.1 Å². The SMILES string of the molecule is Fc1ccc(Br)cc1Nc1nnc(CNC2CC2)o1. The maximum Gasteiger partial charge on any atom is 0.320 e. The third-order valence-electron chi connectivity index (χ3n) is 2.76. The zero-order chi connectivity index (χ0) is 13.2. The molecule has 5 nitrogen and oxygen atoms in total. The van der Waals surface area contributed by atoms with Gasteiger partial charge in [0.25, 0.3) is 0 Å². The van der Waals surface area contributed by atoms with Crippen LogP contribution in [-0.4, -0.2) is 16.2 Å². The Morgan fingerprint density at radius 2 is 2.21 bits per heavy atom. The summed E-state index contributed by atoms with van der Waals surface area (Å²) in [7, 11) is 0. The monoisotopic (exact) mass is 326 g/mol. The van der Waals surface area contributed by atoms with Crippen molar-refractivity contribution in [3.8, 4) is 0 Å². The molecule has 2 aromatic rings. The van der Waals surface area contributed by atoms with Crippen molar-refractivity contribution in [3.05, 3.63) is 34.4 Å². The van der Waals surface area contributed by atoms with Crippen LogP contribution in [0.5, 0.6) is 0 Å². The van der Waals surface area contributed by atoms with E-state index in [0.717, 1.165) is 4.47 Å². The molecule has 19 heavy (non-hydrogen) atoms. The van der Waals surface area contributed by atoms with Gasteiger partial charge in [0.15, 0.2) is 0 Å². The van der Waals surface area contributed by atoms with Gasteiger partial charge in [-0.3, -0.25) is 0 Å². The molecule has 1 heterocycles. The fourth-order valence-electron chi connectivity index (χ4n) is 1.60. The lowest BCUT2D eigenvalue weighted by atomic mass is 10.3. The van der Waals surface area contributed by atoms with Crippen molar-refractivity contribution >= 4 is 27.6 Å². The second-order valence-corrected chi connectivity index (χ2v) is 5.32. The minimum atomic E-state index is -0.376. The first-order valence-electron chi connectivity index (χ1n) is 5.98. The summed E-state index contributed by atoms with van der Waals surface area (Å²) in [6.45, 7) is 0.542. The molecule has 1 fully saturated rings. The van der Waals surface area contributed by atoms with Gasteiger partial charge in [0.1, 0.15) is 5.82 Å². The molecule has 0 saturated heterocycles. The maximum absolute atomic E-state index is 13.5. The molecule has 0 bridgehead atoms. The van der Waals surface area contributed by atoms with Crippen molar-refractivity contribution in [2.24, 2.45) is 0 Å². The number of hydrogen-bond donors (Lipinski definition) is 2. The second-order valence-electron chi connectivity index (χ2n) is 4.41. The van der Waals surface area contributed by atoms with Crippen LogP contribution in [0.25, 0.3) is 0 Å². The Balaban J connectivity index is 1.66. The van der Waals surface area contributed by atoms with Crippen LogP contribution >= 0.6 is 15.9 Å². The van der Waals surface area contributed by atoms with Crippen molar-refractivity contribution in [3.63, 3.8) is 0 Å². The molecular weight excluding hydrogens is 315 g/mol. The zero-order valence-corrected chi connectivity index (χ0v) is 11.6. The Morgan fingerprint density at radius 3 is 3.00 bits per heavy atom. The lowest BCUT2D eigenvalue weighted by molar-refractivity contribution is 0.478.